The lowest BCUT2D eigenvalue weighted by Gasteiger charge is -2.14. The number of hydrogen-bond acceptors (Lipinski definition) is 3. The van der Waals surface area contributed by atoms with E-state index in [2.05, 4.69) is 0 Å². The van der Waals surface area contributed by atoms with Crippen molar-refractivity contribution in [3.8, 4) is 11.5 Å². The molecule has 0 saturated carbocycles. The number of aliphatic carboxylic acids is 1. The molecule has 0 heterocycles. The molecule has 0 aromatic heterocycles. The van der Waals surface area contributed by atoms with Gasteiger partial charge in [0.25, 0.3) is 0 Å². The summed E-state index contributed by atoms with van der Waals surface area (Å²) >= 11 is 0. The predicted octanol–water partition coefficient (Wildman–Crippen LogP) is 3.86. The summed E-state index contributed by atoms with van der Waals surface area (Å²) in [4.78, 5) is 11.5. The highest BCUT2D eigenvalue weighted by Gasteiger charge is 2.20. The highest BCUT2D eigenvalue weighted by Crippen LogP contribution is 2.23. The Kier molecular flexibility index (Phi) is 5.97. The van der Waals surface area contributed by atoms with E-state index in [0.29, 0.717) is 30.1 Å². The molecule has 0 spiro atoms. The number of rotatable bonds is 8. The molecule has 0 aliphatic carbocycles. The lowest BCUT2D eigenvalue weighted by molar-refractivity contribution is -0.139. The monoisotopic (exact) mass is 318 g/mol. The van der Waals surface area contributed by atoms with Gasteiger partial charge in [0.2, 0.25) is 0 Å². The van der Waals surface area contributed by atoms with Gasteiger partial charge in [-0.15, -0.1) is 0 Å². The highest BCUT2D eigenvalue weighted by atomic mass is 19.1. The van der Waals surface area contributed by atoms with Crippen LogP contribution in [0.5, 0.6) is 11.5 Å². The van der Waals surface area contributed by atoms with Crippen molar-refractivity contribution < 1.29 is 23.8 Å². The van der Waals surface area contributed by atoms with Gasteiger partial charge in [-0.25, -0.2) is 4.39 Å². The van der Waals surface area contributed by atoms with Gasteiger partial charge in [0, 0.05) is 6.07 Å². The highest BCUT2D eigenvalue weighted by molar-refractivity contribution is 5.76. The smallest absolute Gasteiger partial charge is 0.311 e. The number of carboxylic acid groups (broad SMARTS) is 1. The van der Waals surface area contributed by atoms with Gasteiger partial charge in [-0.3, -0.25) is 4.79 Å². The van der Waals surface area contributed by atoms with Crippen molar-refractivity contribution in [3.63, 3.8) is 0 Å². The minimum atomic E-state index is -0.919. The van der Waals surface area contributed by atoms with E-state index in [-0.39, 0.29) is 12.4 Å². The Labute approximate surface area is 134 Å². The number of ether oxygens (including phenoxy) is 2. The second kappa shape index (κ2) is 8.17. The molecular weight excluding hydrogens is 299 g/mol. The van der Waals surface area contributed by atoms with Crippen LogP contribution < -0.4 is 9.47 Å². The molecule has 2 aromatic rings. The van der Waals surface area contributed by atoms with E-state index >= 15 is 0 Å². The van der Waals surface area contributed by atoms with Crippen molar-refractivity contribution in [1.29, 1.82) is 0 Å². The largest absolute Gasteiger partial charge is 0.494 e. The molecule has 0 fully saturated rings. The van der Waals surface area contributed by atoms with Crippen molar-refractivity contribution in [1.82, 2.24) is 0 Å². The summed E-state index contributed by atoms with van der Waals surface area (Å²) in [6.07, 6.45) is 0.291. The van der Waals surface area contributed by atoms with Crippen LogP contribution in [0, 0.1) is 5.82 Å². The summed E-state index contributed by atoms with van der Waals surface area (Å²) in [6.45, 7) is 2.63. The van der Waals surface area contributed by atoms with Gasteiger partial charge in [0.15, 0.2) is 0 Å². The Morgan fingerprint density at radius 1 is 1.13 bits per heavy atom. The Morgan fingerprint density at radius 2 is 1.87 bits per heavy atom. The zero-order valence-electron chi connectivity index (χ0n) is 12.9. The Balaban J connectivity index is 1.97. The van der Waals surface area contributed by atoms with E-state index in [1.807, 2.05) is 6.92 Å². The van der Waals surface area contributed by atoms with Crippen LogP contribution in [-0.4, -0.2) is 24.3 Å². The van der Waals surface area contributed by atoms with Crippen LogP contribution in [0.4, 0.5) is 4.39 Å². The molecule has 0 aliphatic rings. The summed E-state index contributed by atoms with van der Waals surface area (Å²) in [6, 6.07) is 12.8. The number of benzene rings is 2. The van der Waals surface area contributed by atoms with Crippen LogP contribution in [-0.2, 0) is 4.79 Å². The summed E-state index contributed by atoms with van der Waals surface area (Å²) in [7, 11) is 0. The maximum absolute atomic E-state index is 13.1. The molecule has 122 valence electrons. The van der Waals surface area contributed by atoms with Crippen LogP contribution in [0.15, 0.2) is 48.5 Å². The molecular formula is C18H19FO4. The van der Waals surface area contributed by atoms with E-state index in [1.54, 1.807) is 36.4 Å². The standard InChI is InChI=1S/C18H19FO4/c1-2-22-15-8-6-13(7-9-15)17(18(20)21)10-11-23-16-5-3-4-14(19)12-16/h3-9,12,17H,2,10-11H2,1H3,(H,20,21). The van der Waals surface area contributed by atoms with Gasteiger partial charge in [0.1, 0.15) is 17.3 Å². The molecule has 0 bridgehead atoms. The number of carbonyl (C=O) groups is 1. The van der Waals surface area contributed by atoms with Gasteiger partial charge < -0.3 is 14.6 Å². The summed E-state index contributed by atoms with van der Waals surface area (Å²) in [5.74, 6) is -0.891. The average Bonchev–Trinajstić information content (AvgIpc) is 2.53. The van der Waals surface area contributed by atoms with Crippen molar-refractivity contribution in [2.24, 2.45) is 0 Å². The first-order valence-electron chi connectivity index (χ1n) is 7.44. The van der Waals surface area contributed by atoms with Crippen LogP contribution in [0.2, 0.25) is 0 Å². The molecule has 0 saturated heterocycles. The first-order chi connectivity index (χ1) is 11.1. The van der Waals surface area contributed by atoms with Crippen LogP contribution in [0.25, 0.3) is 0 Å². The zero-order chi connectivity index (χ0) is 16.7. The van der Waals surface area contributed by atoms with Crippen molar-refractivity contribution >= 4 is 5.97 Å². The fraction of sp³-hybridized carbons (Fsp3) is 0.278. The third-order valence-electron chi connectivity index (χ3n) is 3.36. The molecule has 2 rings (SSSR count). The fourth-order valence-electron chi connectivity index (χ4n) is 2.25. The van der Waals surface area contributed by atoms with Gasteiger partial charge in [0.05, 0.1) is 19.1 Å². The maximum Gasteiger partial charge on any atom is 0.311 e. The topological polar surface area (TPSA) is 55.8 Å². The predicted molar refractivity (Wildman–Crippen MR) is 84.5 cm³/mol. The van der Waals surface area contributed by atoms with Crippen molar-refractivity contribution in [2.75, 3.05) is 13.2 Å². The Hall–Kier alpha value is -2.56. The van der Waals surface area contributed by atoms with Crippen LogP contribution >= 0.6 is 0 Å². The molecule has 2 aromatic carbocycles. The number of hydrogen-bond donors (Lipinski definition) is 1. The fourth-order valence-corrected chi connectivity index (χ4v) is 2.25. The third-order valence-corrected chi connectivity index (χ3v) is 3.36. The first kappa shape index (κ1) is 16.8. The maximum atomic E-state index is 13.1. The van der Waals surface area contributed by atoms with Gasteiger partial charge in [-0.1, -0.05) is 18.2 Å². The molecule has 4 nitrogen and oxygen atoms in total. The second-order valence-corrected chi connectivity index (χ2v) is 4.99. The number of halogens is 1. The molecule has 5 heteroatoms. The minimum absolute atomic E-state index is 0.188. The summed E-state index contributed by atoms with van der Waals surface area (Å²) < 4.78 is 23.8. The van der Waals surface area contributed by atoms with Crippen molar-refractivity contribution in [3.05, 3.63) is 59.9 Å². The van der Waals surface area contributed by atoms with Crippen molar-refractivity contribution in [2.45, 2.75) is 19.3 Å². The molecule has 23 heavy (non-hydrogen) atoms. The van der Waals surface area contributed by atoms with E-state index < -0.39 is 11.9 Å². The van der Waals surface area contributed by atoms with E-state index in [4.69, 9.17) is 9.47 Å². The van der Waals surface area contributed by atoms with Gasteiger partial charge in [-0.05, 0) is 43.2 Å². The quantitative estimate of drug-likeness (QED) is 0.803. The molecule has 1 atom stereocenters. The zero-order valence-corrected chi connectivity index (χ0v) is 12.9. The molecule has 1 unspecified atom stereocenters. The van der Waals surface area contributed by atoms with Crippen LogP contribution in [0.3, 0.4) is 0 Å². The first-order valence-corrected chi connectivity index (χ1v) is 7.44. The lowest BCUT2D eigenvalue weighted by atomic mass is 9.96. The van der Waals surface area contributed by atoms with Crippen LogP contribution in [0.1, 0.15) is 24.8 Å². The molecule has 0 aliphatic heterocycles. The van der Waals surface area contributed by atoms with Gasteiger partial charge in [-0.2, -0.15) is 0 Å². The minimum Gasteiger partial charge on any atom is -0.494 e. The van der Waals surface area contributed by atoms with E-state index in [1.165, 1.54) is 12.1 Å². The van der Waals surface area contributed by atoms with E-state index in [9.17, 15) is 14.3 Å². The second-order valence-electron chi connectivity index (χ2n) is 4.99. The molecule has 1 N–H and O–H groups in total. The summed E-state index contributed by atoms with van der Waals surface area (Å²) in [5, 5.41) is 9.39. The normalized spacial score (nSPS) is 11.7. The molecule has 0 radical (unpaired) electrons. The molecule has 0 amide bonds. The number of carboxylic acids is 1. The lowest BCUT2D eigenvalue weighted by Crippen LogP contribution is -2.15. The average molecular weight is 318 g/mol. The Morgan fingerprint density at radius 3 is 2.48 bits per heavy atom. The van der Waals surface area contributed by atoms with E-state index in [0.717, 1.165) is 0 Å². The SMILES string of the molecule is CCOc1ccc(C(CCOc2cccc(F)c2)C(=O)O)cc1. The summed E-state index contributed by atoms with van der Waals surface area (Å²) in [5.41, 5.74) is 0.684. The Bertz CT molecular complexity index is 640. The van der Waals surface area contributed by atoms with Gasteiger partial charge >= 0.3 is 5.97 Å². The third kappa shape index (κ3) is 4.98.